The van der Waals surface area contributed by atoms with Crippen molar-refractivity contribution in [2.75, 3.05) is 18.0 Å². The molecule has 2 aromatic carbocycles. The van der Waals surface area contributed by atoms with Crippen molar-refractivity contribution in [3.05, 3.63) is 71.5 Å². The van der Waals surface area contributed by atoms with Gasteiger partial charge in [-0.25, -0.2) is 13.4 Å². The van der Waals surface area contributed by atoms with Crippen LogP contribution in [0.3, 0.4) is 0 Å². The fraction of sp³-hybridized carbons (Fsp3) is 0.346. The lowest BCUT2D eigenvalue weighted by atomic mass is 10.0. The second-order valence-electron chi connectivity index (χ2n) is 9.01. The molecule has 5 rings (SSSR count). The van der Waals surface area contributed by atoms with Crippen LogP contribution in [-0.2, 0) is 16.6 Å². The van der Waals surface area contributed by atoms with Gasteiger partial charge in [0, 0.05) is 37.1 Å². The Morgan fingerprint density at radius 3 is 2.68 bits per heavy atom. The molecule has 1 aliphatic heterocycles. The SMILES string of the molecule is CCC1CCCCN1S(=O)(=O)c1ccc(C(=O)N(CCn2cccn2)c2nc3c(Cl)cccc3s2)cc1. The number of sulfonamides is 1. The van der Waals surface area contributed by atoms with E-state index < -0.39 is 10.0 Å². The van der Waals surface area contributed by atoms with E-state index in [4.69, 9.17) is 11.6 Å². The highest BCUT2D eigenvalue weighted by Gasteiger charge is 2.32. The minimum Gasteiger partial charge on any atom is -0.282 e. The van der Waals surface area contributed by atoms with E-state index in [1.165, 1.54) is 23.5 Å². The van der Waals surface area contributed by atoms with Crippen LogP contribution in [0.15, 0.2) is 65.8 Å². The van der Waals surface area contributed by atoms with E-state index in [1.54, 1.807) is 38.3 Å². The molecule has 8 nitrogen and oxygen atoms in total. The number of hydrogen-bond acceptors (Lipinski definition) is 6. The molecule has 2 aromatic heterocycles. The molecule has 0 bridgehead atoms. The number of halogens is 1. The zero-order valence-electron chi connectivity index (χ0n) is 20.5. The normalized spacial score (nSPS) is 16.8. The second-order valence-corrected chi connectivity index (χ2v) is 12.3. The molecule has 0 saturated carbocycles. The third kappa shape index (κ3) is 5.29. The Bertz CT molecular complexity index is 1490. The van der Waals surface area contributed by atoms with E-state index in [1.807, 2.05) is 31.3 Å². The highest BCUT2D eigenvalue weighted by Crippen LogP contribution is 2.34. The monoisotopic (exact) mass is 557 g/mol. The minimum atomic E-state index is -3.63. The number of aromatic nitrogens is 3. The topological polar surface area (TPSA) is 88.4 Å². The molecule has 1 amide bonds. The molecule has 194 valence electrons. The van der Waals surface area contributed by atoms with Gasteiger partial charge in [0.25, 0.3) is 5.91 Å². The van der Waals surface area contributed by atoms with Crippen LogP contribution in [0.5, 0.6) is 0 Å². The highest BCUT2D eigenvalue weighted by molar-refractivity contribution is 7.89. The van der Waals surface area contributed by atoms with Gasteiger partial charge in [0.1, 0.15) is 5.52 Å². The van der Waals surface area contributed by atoms with Crippen LogP contribution in [0.1, 0.15) is 43.0 Å². The van der Waals surface area contributed by atoms with Gasteiger partial charge >= 0.3 is 0 Å². The van der Waals surface area contributed by atoms with E-state index in [9.17, 15) is 13.2 Å². The van der Waals surface area contributed by atoms with Crippen LogP contribution in [-0.4, -0.2) is 52.5 Å². The minimum absolute atomic E-state index is 0.0173. The maximum atomic E-state index is 13.7. The summed E-state index contributed by atoms with van der Waals surface area (Å²) in [6.07, 6.45) is 7.10. The van der Waals surface area contributed by atoms with Crippen LogP contribution < -0.4 is 4.90 Å². The number of piperidine rings is 1. The lowest BCUT2D eigenvalue weighted by Crippen LogP contribution is -2.43. The smallest absolute Gasteiger partial charge is 0.260 e. The first-order valence-electron chi connectivity index (χ1n) is 12.3. The molecule has 0 spiro atoms. The lowest BCUT2D eigenvalue weighted by molar-refractivity contribution is 0.0985. The highest BCUT2D eigenvalue weighted by atomic mass is 35.5. The molecule has 1 atom stereocenters. The van der Waals surface area contributed by atoms with Crippen molar-refractivity contribution < 1.29 is 13.2 Å². The van der Waals surface area contributed by atoms with Crippen molar-refractivity contribution in [1.29, 1.82) is 0 Å². The van der Waals surface area contributed by atoms with E-state index in [-0.39, 0.29) is 16.8 Å². The first-order valence-corrected chi connectivity index (χ1v) is 15.0. The molecule has 4 aromatic rings. The van der Waals surface area contributed by atoms with E-state index in [0.717, 1.165) is 30.4 Å². The molecule has 1 unspecified atom stereocenters. The van der Waals surface area contributed by atoms with Gasteiger partial charge in [-0.3, -0.25) is 14.4 Å². The third-order valence-electron chi connectivity index (χ3n) is 6.70. The number of anilines is 1. The molecule has 3 heterocycles. The van der Waals surface area contributed by atoms with Gasteiger partial charge in [0.05, 0.1) is 21.2 Å². The fourth-order valence-corrected chi connectivity index (χ4v) is 7.75. The van der Waals surface area contributed by atoms with Crippen molar-refractivity contribution >= 4 is 54.2 Å². The number of thiazole rings is 1. The van der Waals surface area contributed by atoms with Gasteiger partial charge in [-0.15, -0.1) is 0 Å². The first kappa shape index (κ1) is 25.8. The number of hydrogen-bond donors (Lipinski definition) is 0. The summed E-state index contributed by atoms with van der Waals surface area (Å²) in [5.74, 6) is -0.268. The summed E-state index contributed by atoms with van der Waals surface area (Å²) in [5, 5.41) is 5.29. The number of fused-ring (bicyclic) bond motifs is 1. The summed E-state index contributed by atoms with van der Waals surface area (Å²) in [5.41, 5.74) is 1.03. The number of nitrogens with zero attached hydrogens (tertiary/aromatic N) is 5. The number of carbonyl (C=O) groups excluding carboxylic acids is 1. The average molecular weight is 558 g/mol. The van der Waals surface area contributed by atoms with Gasteiger partial charge in [-0.2, -0.15) is 9.40 Å². The van der Waals surface area contributed by atoms with Crippen molar-refractivity contribution in [3.8, 4) is 0 Å². The Kier molecular flexibility index (Phi) is 7.62. The van der Waals surface area contributed by atoms with Gasteiger partial charge in [-0.05, 0) is 61.7 Å². The number of benzene rings is 2. The molecular weight excluding hydrogens is 530 g/mol. The van der Waals surface area contributed by atoms with E-state index in [0.29, 0.717) is 40.9 Å². The summed E-state index contributed by atoms with van der Waals surface area (Å²) in [4.78, 5) is 20.2. The number of rotatable bonds is 8. The van der Waals surface area contributed by atoms with Gasteiger partial charge in [0.2, 0.25) is 10.0 Å². The average Bonchev–Trinajstić information content (AvgIpc) is 3.60. The molecule has 37 heavy (non-hydrogen) atoms. The summed E-state index contributed by atoms with van der Waals surface area (Å²) in [7, 11) is -3.63. The Morgan fingerprint density at radius 1 is 1.16 bits per heavy atom. The molecule has 1 aliphatic rings. The summed E-state index contributed by atoms with van der Waals surface area (Å²) < 4.78 is 31.0. The third-order valence-corrected chi connectivity index (χ3v) is 10.0. The van der Waals surface area contributed by atoms with Crippen molar-refractivity contribution in [3.63, 3.8) is 0 Å². The molecular formula is C26H28ClN5O3S2. The van der Waals surface area contributed by atoms with Crippen molar-refractivity contribution in [2.45, 2.75) is 50.1 Å². The standard InChI is InChI=1S/C26H28ClN5O3S2/c1-2-20-7-3-4-16-32(20)37(34,35)21-12-10-19(11-13-21)25(33)31(18-17-30-15-6-14-28-30)26-29-24-22(27)8-5-9-23(24)36-26/h5-6,8-15,20H,2-4,7,16-18H2,1H3. The first-order chi connectivity index (χ1) is 17.9. The molecule has 0 N–H and O–H groups in total. The predicted molar refractivity (Wildman–Crippen MR) is 147 cm³/mol. The van der Waals surface area contributed by atoms with Crippen LogP contribution in [0.2, 0.25) is 5.02 Å². The van der Waals surface area contributed by atoms with Gasteiger partial charge < -0.3 is 0 Å². The molecule has 1 fully saturated rings. The van der Waals surface area contributed by atoms with Gasteiger partial charge in [0.15, 0.2) is 5.13 Å². The zero-order chi connectivity index (χ0) is 26.0. The Labute approximate surface area is 225 Å². The molecule has 11 heteroatoms. The molecule has 0 aliphatic carbocycles. The lowest BCUT2D eigenvalue weighted by Gasteiger charge is -2.34. The predicted octanol–water partition coefficient (Wildman–Crippen LogP) is 5.45. The van der Waals surface area contributed by atoms with Crippen LogP contribution in [0, 0.1) is 0 Å². The fourth-order valence-electron chi connectivity index (χ4n) is 4.70. The van der Waals surface area contributed by atoms with E-state index in [2.05, 4.69) is 10.1 Å². The maximum Gasteiger partial charge on any atom is 0.260 e. The number of para-hydroxylation sites is 1. The van der Waals surface area contributed by atoms with Crippen LogP contribution in [0.25, 0.3) is 10.2 Å². The number of carbonyl (C=O) groups is 1. The summed E-state index contributed by atoms with van der Waals surface area (Å²) in [6, 6.07) is 13.6. The van der Waals surface area contributed by atoms with Gasteiger partial charge in [-0.1, -0.05) is 42.3 Å². The molecule has 0 radical (unpaired) electrons. The Hall–Kier alpha value is -2.79. The number of amides is 1. The Balaban J connectivity index is 1.43. The summed E-state index contributed by atoms with van der Waals surface area (Å²) in [6.45, 7) is 3.36. The van der Waals surface area contributed by atoms with Crippen LogP contribution >= 0.6 is 22.9 Å². The summed E-state index contributed by atoms with van der Waals surface area (Å²) >= 11 is 7.73. The largest absolute Gasteiger partial charge is 0.282 e. The van der Waals surface area contributed by atoms with E-state index >= 15 is 0 Å². The molecule has 1 saturated heterocycles. The quantitative estimate of drug-likeness (QED) is 0.287. The Morgan fingerprint density at radius 2 is 1.97 bits per heavy atom. The zero-order valence-corrected chi connectivity index (χ0v) is 22.8. The van der Waals surface area contributed by atoms with Crippen molar-refractivity contribution in [1.82, 2.24) is 19.1 Å². The second kappa shape index (κ2) is 10.9. The van der Waals surface area contributed by atoms with Crippen molar-refractivity contribution in [2.24, 2.45) is 0 Å². The van der Waals surface area contributed by atoms with Crippen LogP contribution in [0.4, 0.5) is 5.13 Å². The maximum absolute atomic E-state index is 13.7.